The lowest BCUT2D eigenvalue weighted by Crippen LogP contribution is -1.84. The van der Waals surface area contributed by atoms with Crippen molar-refractivity contribution in [3.05, 3.63) is 71.3 Å². The summed E-state index contributed by atoms with van der Waals surface area (Å²) in [5.74, 6) is 0. The Morgan fingerprint density at radius 1 is 1.00 bits per heavy atom. The first-order chi connectivity index (χ1) is 7.43. The lowest BCUT2D eigenvalue weighted by atomic mass is 10.0. The Morgan fingerprint density at radius 2 is 1.87 bits per heavy atom. The number of hydrogen-bond acceptors (Lipinski definition) is 0. The highest BCUT2D eigenvalue weighted by Gasteiger charge is 2.12. The summed E-state index contributed by atoms with van der Waals surface area (Å²) in [6.07, 6.45) is 3.31. The largest absolute Gasteiger partial charge is 0.0622 e. The smallest absolute Gasteiger partial charge is 0.00137 e. The van der Waals surface area contributed by atoms with Crippen LogP contribution >= 0.6 is 0 Å². The van der Waals surface area contributed by atoms with Gasteiger partial charge in [0.05, 0.1) is 0 Å². The molecule has 0 saturated carbocycles. The van der Waals surface area contributed by atoms with Crippen LogP contribution in [0.3, 0.4) is 0 Å². The lowest BCUT2D eigenvalue weighted by molar-refractivity contribution is 1.31. The molecule has 0 unspecified atom stereocenters. The molecule has 0 fully saturated rings. The van der Waals surface area contributed by atoms with E-state index in [0.29, 0.717) is 0 Å². The molecule has 0 aromatic heterocycles. The summed E-state index contributed by atoms with van der Waals surface area (Å²) in [6.45, 7) is 0. The van der Waals surface area contributed by atoms with Gasteiger partial charge in [-0.2, -0.15) is 0 Å². The molecule has 0 amide bonds. The Morgan fingerprint density at radius 3 is 2.67 bits per heavy atom. The SMILES string of the molecule is [c]1ccc2c(c1)C=C(c1ccccc1)C2. The van der Waals surface area contributed by atoms with E-state index in [2.05, 4.69) is 54.6 Å². The van der Waals surface area contributed by atoms with E-state index >= 15 is 0 Å². The predicted octanol–water partition coefficient (Wildman–Crippen LogP) is 3.58. The maximum atomic E-state index is 3.12. The first-order valence-corrected chi connectivity index (χ1v) is 5.18. The minimum absolute atomic E-state index is 1.05. The second-order valence-corrected chi connectivity index (χ2v) is 3.84. The molecule has 15 heavy (non-hydrogen) atoms. The zero-order chi connectivity index (χ0) is 10.1. The molecule has 0 aliphatic heterocycles. The zero-order valence-electron chi connectivity index (χ0n) is 8.40. The third-order valence-electron chi connectivity index (χ3n) is 2.85. The van der Waals surface area contributed by atoms with Gasteiger partial charge in [-0.25, -0.2) is 0 Å². The molecule has 0 nitrogen and oxygen atoms in total. The van der Waals surface area contributed by atoms with Gasteiger partial charge in [-0.1, -0.05) is 48.5 Å². The highest BCUT2D eigenvalue weighted by Crippen LogP contribution is 2.30. The van der Waals surface area contributed by atoms with E-state index in [-0.39, 0.29) is 0 Å². The van der Waals surface area contributed by atoms with Crippen molar-refractivity contribution in [1.82, 2.24) is 0 Å². The van der Waals surface area contributed by atoms with Crippen LogP contribution in [-0.4, -0.2) is 0 Å². The van der Waals surface area contributed by atoms with Crippen molar-refractivity contribution < 1.29 is 0 Å². The molecule has 1 radical (unpaired) electrons. The summed E-state index contributed by atoms with van der Waals surface area (Å²) >= 11 is 0. The molecular weight excluding hydrogens is 180 g/mol. The first-order valence-electron chi connectivity index (χ1n) is 5.18. The number of allylic oxidation sites excluding steroid dienone is 1. The average Bonchev–Trinajstić information content (AvgIpc) is 2.74. The molecule has 0 N–H and O–H groups in total. The van der Waals surface area contributed by atoms with Gasteiger partial charge in [-0.05, 0) is 40.8 Å². The Kier molecular flexibility index (Phi) is 1.92. The maximum Gasteiger partial charge on any atom is -0.00137 e. The zero-order valence-corrected chi connectivity index (χ0v) is 8.40. The molecule has 0 spiro atoms. The van der Waals surface area contributed by atoms with Gasteiger partial charge in [0.25, 0.3) is 0 Å². The van der Waals surface area contributed by atoms with Gasteiger partial charge in [-0.3, -0.25) is 0 Å². The monoisotopic (exact) mass is 191 g/mol. The van der Waals surface area contributed by atoms with Gasteiger partial charge in [0.1, 0.15) is 0 Å². The molecular formula is C15H11. The second-order valence-electron chi connectivity index (χ2n) is 3.84. The van der Waals surface area contributed by atoms with Gasteiger partial charge >= 0.3 is 0 Å². The molecule has 1 aliphatic carbocycles. The molecule has 0 atom stereocenters. The summed E-state index contributed by atoms with van der Waals surface area (Å²) in [5.41, 5.74) is 5.46. The van der Waals surface area contributed by atoms with Crippen molar-refractivity contribution >= 4 is 11.6 Å². The van der Waals surface area contributed by atoms with E-state index in [1.165, 1.54) is 22.3 Å². The topological polar surface area (TPSA) is 0 Å². The standard InChI is InChI=1S/C15H11/c1-2-6-12(7-3-1)15-10-13-8-4-5-9-14(13)11-15/h1-4,6-9,11H,10H2. The summed E-state index contributed by atoms with van der Waals surface area (Å²) in [4.78, 5) is 0. The summed E-state index contributed by atoms with van der Waals surface area (Å²) in [7, 11) is 0. The molecule has 3 rings (SSSR count). The van der Waals surface area contributed by atoms with Crippen molar-refractivity contribution in [2.24, 2.45) is 0 Å². The fraction of sp³-hybridized carbons (Fsp3) is 0.0667. The highest BCUT2D eigenvalue weighted by molar-refractivity contribution is 5.88. The summed E-state index contributed by atoms with van der Waals surface area (Å²) in [5, 5.41) is 0. The third-order valence-corrected chi connectivity index (χ3v) is 2.85. The lowest BCUT2D eigenvalue weighted by Gasteiger charge is -2.00. The van der Waals surface area contributed by atoms with Crippen LogP contribution in [0.1, 0.15) is 16.7 Å². The van der Waals surface area contributed by atoms with Crippen LogP contribution in [0, 0.1) is 6.07 Å². The van der Waals surface area contributed by atoms with Crippen LogP contribution < -0.4 is 0 Å². The Bertz CT molecular complexity index is 507. The van der Waals surface area contributed by atoms with Crippen LogP contribution in [0.4, 0.5) is 0 Å². The fourth-order valence-corrected chi connectivity index (χ4v) is 2.05. The number of hydrogen-bond donors (Lipinski definition) is 0. The fourth-order valence-electron chi connectivity index (χ4n) is 2.05. The summed E-state index contributed by atoms with van der Waals surface area (Å²) in [6, 6.07) is 19.9. The molecule has 0 bridgehead atoms. The quantitative estimate of drug-likeness (QED) is 0.646. The normalized spacial score (nSPS) is 13.5. The van der Waals surface area contributed by atoms with E-state index in [0.717, 1.165) is 6.42 Å². The van der Waals surface area contributed by atoms with Crippen LogP contribution in [0.2, 0.25) is 0 Å². The maximum absolute atomic E-state index is 3.12. The molecule has 2 aromatic rings. The Balaban J connectivity index is 2.02. The van der Waals surface area contributed by atoms with Gasteiger partial charge < -0.3 is 0 Å². The number of fused-ring (bicyclic) bond motifs is 1. The van der Waals surface area contributed by atoms with E-state index in [1.54, 1.807) is 0 Å². The van der Waals surface area contributed by atoms with E-state index < -0.39 is 0 Å². The van der Waals surface area contributed by atoms with E-state index in [1.807, 2.05) is 6.07 Å². The van der Waals surface area contributed by atoms with Crippen molar-refractivity contribution in [2.75, 3.05) is 0 Å². The van der Waals surface area contributed by atoms with E-state index in [9.17, 15) is 0 Å². The van der Waals surface area contributed by atoms with Gasteiger partial charge in [0.15, 0.2) is 0 Å². The minimum atomic E-state index is 1.05. The van der Waals surface area contributed by atoms with Crippen LogP contribution in [0.15, 0.2) is 48.5 Å². The van der Waals surface area contributed by atoms with Gasteiger partial charge in [0.2, 0.25) is 0 Å². The van der Waals surface area contributed by atoms with Crippen molar-refractivity contribution in [3.63, 3.8) is 0 Å². The Hall–Kier alpha value is -1.82. The van der Waals surface area contributed by atoms with Crippen molar-refractivity contribution in [1.29, 1.82) is 0 Å². The van der Waals surface area contributed by atoms with Gasteiger partial charge in [-0.15, -0.1) is 0 Å². The van der Waals surface area contributed by atoms with Crippen LogP contribution in [0.5, 0.6) is 0 Å². The molecule has 71 valence electrons. The molecule has 0 heteroatoms. The highest BCUT2D eigenvalue weighted by atomic mass is 14.2. The molecule has 2 aromatic carbocycles. The Labute approximate surface area is 89.9 Å². The minimum Gasteiger partial charge on any atom is -0.0622 e. The van der Waals surface area contributed by atoms with Crippen molar-refractivity contribution in [2.45, 2.75) is 6.42 Å². The van der Waals surface area contributed by atoms with Crippen LogP contribution in [-0.2, 0) is 6.42 Å². The first kappa shape index (κ1) is 8.49. The van der Waals surface area contributed by atoms with Gasteiger partial charge in [0, 0.05) is 0 Å². The number of rotatable bonds is 1. The molecule has 0 heterocycles. The van der Waals surface area contributed by atoms with Crippen LogP contribution in [0.25, 0.3) is 11.6 Å². The summed E-state index contributed by atoms with van der Waals surface area (Å²) < 4.78 is 0. The third kappa shape index (κ3) is 1.48. The number of benzene rings is 2. The van der Waals surface area contributed by atoms with Crippen molar-refractivity contribution in [3.8, 4) is 0 Å². The predicted molar refractivity (Wildman–Crippen MR) is 63.3 cm³/mol. The molecule has 1 aliphatic rings. The van der Waals surface area contributed by atoms with E-state index in [4.69, 9.17) is 0 Å². The second kappa shape index (κ2) is 3.39. The molecule has 0 saturated heterocycles. The average molecular weight is 191 g/mol.